The van der Waals surface area contributed by atoms with Crippen molar-refractivity contribution in [3.05, 3.63) is 0 Å². The summed E-state index contributed by atoms with van der Waals surface area (Å²) in [6.45, 7) is 10.7. The molecule has 4 heteroatoms. The Hall–Kier alpha value is -0.610. The van der Waals surface area contributed by atoms with Gasteiger partial charge >= 0.3 is 0 Å². The fourth-order valence-electron chi connectivity index (χ4n) is 3.53. The molecule has 1 heterocycles. The highest BCUT2D eigenvalue weighted by molar-refractivity contribution is 5.84. The van der Waals surface area contributed by atoms with Crippen molar-refractivity contribution >= 4 is 5.91 Å². The molecular weight excluding hydrogens is 264 g/mol. The molecular formula is C17H32N2O2. The van der Waals surface area contributed by atoms with E-state index in [4.69, 9.17) is 4.74 Å². The molecule has 2 unspecified atom stereocenters. The minimum atomic E-state index is -0.0132. The molecule has 0 aromatic carbocycles. The van der Waals surface area contributed by atoms with Crippen LogP contribution in [-0.2, 0) is 9.53 Å². The van der Waals surface area contributed by atoms with Crippen LogP contribution in [0.4, 0.5) is 0 Å². The summed E-state index contributed by atoms with van der Waals surface area (Å²) in [7, 11) is 0. The molecule has 1 aliphatic carbocycles. The Morgan fingerprint density at radius 3 is 2.48 bits per heavy atom. The maximum atomic E-state index is 12.7. The van der Waals surface area contributed by atoms with Crippen LogP contribution < -0.4 is 5.32 Å². The monoisotopic (exact) mass is 296 g/mol. The van der Waals surface area contributed by atoms with E-state index in [1.54, 1.807) is 0 Å². The van der Waals surface area contributed by atoms with E-state index < -0.39 is 0 Å². The van der Waals surface area contributed by atoms with Gasteiger partial charge in [-0.15, -0.1) is 0 Å². The van der Waals surface area contributed by atoms with Gasteiger partial charge in [-0.3, -0.25) is 10.1 Å². The van der Waals surface area contributed by atoms with E-state index in [0.29, 0.717) is 24.4 Å². The van der Waals surface area contributed by atoms with E-state index in [9.17, 15) is 4.79 Å². The third-order valence-corrected chi connectivity index (χ3v) is 4.68. The fourth-order valence-corrected chi connectivity index (χ4v) is 3.53. The van der Waals surface area contributed by atoms with E-state index in [1.807, 2.05) is 0 Å². The summed E-state index contributed by atoms with van der Waals surface area (Å²) in [5.41, 5.74) is 0. The van der Waals surface area contributed by atoms with Gasteiger partial charge in [0.25, 0.3) is 0 Å². The zero-order chi connectivity index (χ0) is 15.4. The van der Waals surface area contributed by atoms with Gasteiger partial charge in [-0.05, 0) is 30.6 Å². The molecule has 1 saturated carbocycles. The molecule has 0 aromatic heterocycles. The summed E-state index contributed by atoms with van der Waals surface area (Å²) < 4.78 is 5.69. The van der Waals surface area contributed by atoms with Crippen molar-refractivity contribution in [1.29, 1.82) is 0 Å². The maximum Gasteiger partial charge on any atom is 0.241 e. The zero-order valence-electron chi connectivity index (χ0n) is 14.1. The predicted octanol–water partition coefficient (Wildman–Crippen LogP) is 2.63. The number of amides is 1. The van der Waals surface area contributed by atoms with Crippen LogP contribution in [0.3, 0.4) is 0 Å². The molecule has 0 aromatic rings. The van der Waals surface area contributed by atoms with Gasteiger partial charge in [-0.25, -0.2) is 0 Å². The van der Waals surface area contributed by atoms with Crippen LogP contribution in [0.15, 0.2) is 0 Å². The first-order chi connectivity index (χ1) is 10.0. The standard InChI is InChI=1S/C17H32N2O2/c1-12(2)11-21-10-9-19-16(14-7-5-6-8-14)18-15(13(3)4)17(19)20/h12-16,18H,5-11H2,1-4H3. The number of nitrogens with one attached hydrogen (secondary N) is 1. The van der Waals surface area contributed by atoms with Gasteiger partial charge in [0.05, 0.1) is 18.8 Å². The molecule has 4 nitrogen and oxygen atoms in total. The quantitative estimate of drug-likeness (QED) is 0.734. The zero-order valence-corrected chi connectivity index (χ0v) is 14.1. The Morgan fingerprint density at radius 2 is 1.90 bits per heavy atom. The minimum absolute atomic E-state index is 0.0132. The SMILES string of the molecule is CC(C)COCCN1C(=O)C(C(C)C)NC1C1CCCC1. The molecule has 0 spiro atoms. The lowest BCUT2D eigenvalue weighted by Crippen LogP contribution is -2.44. The molecule has 1 aliphatic heterocycles. The van der Waals surface area contributed by atoms with E-state index >= 15 is 0 Å². The molecule has 21 heavy (non-hydrogen) atoms. The van der Waals surface area contributed by atoms with Crippen LogP contribution in [0.1, 0.15) is 53.4 Å². The van der Waals surface area contributed by atoms with Gasteiger partial charge in [0.2, 0.25) is 5.91 Å². The van der Waals surface area contributed by atoms with Gasteiger partial charge < -0.3 is 9.64 Å². The van der Waals surface area contributed by atoms with E-state index in [2.05, 4.69) is 37.9 Å². The van der Waals surface area contributed by atoms with Gasteiger partial charge in [0.1, 0.15) is 0 Å². The average Bonchev–Trinajstić information content (AvgIpc) is 3.02. The van der Waals surface area contributed by atoms with Gasteiger partial charge in [-0.2, -0.15) is 0 Å². The first-order valence-corrected chi connectivity index (χ1v) is 8.65. The van der Waals surface area contributed by atoms with E-state index in [0.717, 1.165) is 13.2 Å². The molecule has 2 atom stereocenters. The van der Waals surface area contributed by atoms with E-state index in [1.165, 1.54) is 25.7 Å². The molecule has 1 amide bonds. The predicted molar refractivity (Wildman–Crippen MR) is 84.9 cm³/mol. The van der Waals surface area contributed by atoms with Crippen molar-refractivity contribution in [2.45, 2.75) is 65.6 Å². The van der Waals surface area contributed by atoms with Crippen molar-refractivity contribution in [3.8, 4) is 0 Å². The highest BCUT2D eigenvalue weighted by atomic mass is 16.5. The van der Waals surface area contributed by atoms with Crippen LogP contribution in [0.2, 0.25) is 0 Å². The van der Waals surface area contributed by atoms with Crippen LogP contribution in [0.25, 0.3) is 0 Å². The summed E-state index contributed by atoms with van der Waals surface area (Å²) in [4.78, 5) is 14.7. The lowest BCUT2D eigenvalue weighted by atomic mass is 10.0. The highest BCUT2D eigenvalue weighted by Gasteiger charge is 2.43. The average molecular weight is 296 g/mol. The molecule has 1 N–H and O–H groups in total. The normalized spacial score (nSPS) is 27.5. The summed E-state index contributed by atoms with van der Waals surface area (Å²) in [6, 6.07) is -0.0132. The Balaban J connectivity index is 1.94. The van der Waals surface area contributed by atoms with Gasteiger partial charge in [-0.1, -0.05) is 40.5 Å². The van der Waals surface area contributed by atoms with Crippen molar-refractivity contribution in [3.63, 3.8) is 0 Å². The van der Waals surface area contributed by atoms with Crippen LogP contribution >= 0.6 is 0 Å². The number of ether oxygens (including phenoxy) is 1. The molecule has 2 rings (SSSR count). The van der Waals surface area contributed by atoms with Gasteiger partial charge in [0.15, 0.2) is 0 Å². The van der Waals surface area contributed by atoms with Crippen molar-refractivity contribution < 1.29 is 9.53 Å². The summed E-state index contributed by atoms with van der Waals surface area (Å²) in [5.74, 6) is 1.80. The highest BCUT2D eigenvalue weighted by Crippen LogP contribution is 2.32. The van der Waals surface area contributed by atoms with Crippen LogP contribution in [0, 0.1) is 17.8 Å². The second kappa shape index (κ2) is 7.59. The number of carbonyl (C=O) groups excluding carboxylic acids is 1. The van der Waals surface area contributed by atoms with Crippen molar-refractivity contribution in [2.24, 2.45) is 17.8 Å². The summed E-state index contributed by atoms with van der Waals surface area (Å²) >= 11 is 0. The number of hydrogen-bond donors (Lipinski definition) is 1. The number of rotatable bonds is 7. The molecule has 0 radical (unpaired) electrons. The van der Waals surface area contributed by atoms with Crippen LogP contribution in [0.5, 0.6) is 0 Å². The smallest absolute Gasteiger partial charge is 0.241 e. The largest absolute Gasteiger partial charge is 0.379 e. The topological polar surface area (TPSA) is 41.6 Å². The lowest BCUT2D eigenvalue weighted by Gasteiger charge is -2.29. The number of nitrogens with zero attached hydrogens (tertiary/aromatic N) is 1. The second-order valence-corrected chi connectivity index (χ2v) is 7.38. The first kappa shape index (κ1) is 16.8. The Kier molecular flexibility index (Phi) is 6.06. The molecule has 1 saturated heterocycles. The Bertz CT molecular complexity index is 338. The Labute approximate surface area is 129 Å². The first-order valence-electron chi connectivity index (χ1n) is 8.65. The molecule has 2 aliphatic rings. The van der Waals surface area contributed by atoms with Crippen LogP contribution in [-0.4, -0.2) is 42.8 Å². The van der Waals surface area contributed by atoms with E-state index in [-0.39, 0.29) is 18.1 Å². The summed E-state index contributed by atoms with van der Waals surface area (Å²) in [5, 5.41) is 3.60. The third kappa shape index (κ3) is 4.19. The summed E-state index contributed by atoms with van der Waals surface area (Å²) in [6.07, 6.45) is 5.34. The van der Waals surface area contributed by atoms with Gasteiger partial charge in [0, 0.05) is 13.2 Å². The number of carbonyl (C=O) groups is 1. The maximum absolute atomic E-state index is 12.7. The minimum Gasteiger partial charge on any atom is -0.379 e. The lowest BCUT2D eigenvalue weighted by molar-refractivity contribution is -0.132. The molecule has 2 fully saturated rings. The third-order valence-electron chi connectivity index (χ3n) is 4.68. The fraction of sp³-hybridized carbons (Fsp3) is 0.941. The van der Waals surface area contributed by atoms with Crippen molar-refractivity contribution in [2.75, 3.05) is 19.8 Å². The van der Waals surface area contributed by atoms with Crippen molar-refractivity contribution in [1.82, 2.24) is 10.2 Å². The molecule has 0 bridgehead atoms. The Morgan fingerprint density at radius 1 is 1.24 bits per heavy atom. The second-order valence-electron chi connectivity index (χ2n) is 7.38. The molecule has 122 valence electrons. The number of hydrogen-bond acceptors (Lipinski definition) is 3.